The summed E-state index contributed by atoms with van der Waals surface area (Å²) in [4.78, 5) is 1.66. The lowest BCUT2D eigenvalue weighted by atomic mass is 10.1. The average molecular weight is 375 g/mol. The van der Waals surface area contributed by atoms with Crippen LogP contribution in [0.4, 0.5) is 0 Å². The predicted molar refractivity (Wildman–Crippen MR) is 105 cm³/mol. The van der Waals surface area contributed by atoms with Crippen molar-refractivity contribution >= 4 is 10.8 Å². The molecule has 0 saturated heterocycles. The van der Waals surface area contributed by atoms with Crippen LogP contribution in [0.25, 0.3) is 11.1 Å². The van der Waals surface area contributed by atoms with Crippen molar-refractivity contribution in [2.75, 3.05) is 40.4 Å². The van der Waals surface area contributed by atoms with E-state index in [-0.39, 0.29) is 0 Å². The monoisotopic (exact) mass is 374 g/mol. The second-order valence-corrected chi connectivity index (χ2v) is 7.61. The minimum atomic E-state index is -1.17. The average Bonchev–Trinajstić information content (AvgIpc) is 2.94. The van der Waals surface area contributed by atoms with Gasteiger partial charge in [0.1, 0.15) is 11.5 Å². The van der Waals surface area contributed by atoms with Crippen LogP contribution >= 0.6 is 0 Å². The molecular formula is C20H26N2O3S. The molecule has 6 heteroatoms. The van der Waals surface area contributed by atoms with E-state index in [4.69, 9.17) is 9.47 Å². The SMILES string of the molecule is CNCCCOc1ccc2c(c1)-c1ccc(OCCCNC)cc1S2=O. The summed E-state index contributed by atoms with van der Waals surface area (Å²) in [5.41, 5.74) is 1.99. The Labute approximate surface area is 157 Å². The second kappa shape index (κ2) is 9.16. The highest BCUT2D eigenvalue weighted by molar-refractivity contribution is 7.85. The maximum atomic E-state index is 12.8. The molecule has 0 amide bonds. The predicted octanol–water partition coefficient (Wildman–Crippen LogP) is 2.81. The van der Waals surface area contributed by atoms with Gasteiger partial charge in [-0.2, -0.15) is 0 Å². The fourth-order valence-electron chi connectivity index (χ4n) is 2.94. The maximum Gasteiger partial charge on any atom is 0.120 e. The van der Waals surface area contributed by atoms with Gasteiger partial charge in [-0.25, -0.2) is 4.21 Å². The molecule has 0 saturated carbocycles. The molecule has 1 atom stereocenters. The highest BCUT2D eigenvalue weighted by Crippen LogP contribution is 2.43. The van der Waals surface area contributed by atoms with E-state index < -0.39 is 10.8 Å². The molecule has 1 unspecified atom stereocenters. The van der Waals surface area contributed by atoms with Gasteiger partial charge in [0, 0.05) is 5.56 Å². The van der Waals surface area contributed by atoms with Crippen molar-refractivity contribution in [3.05, 3.63) is 36.4 Å². The van der Waals surface area contributed by atoms with Crippen LogP contribution < -0.4 is 20.1 Å². The molecule has 1 aliphatic rings. The van der Waals surface area contributed by atoms with E-state index in [1.54, 1.807) is 0 Å². The Kier molecular flexibility index (Phi) is 6.66. The molecule has 0 fully saturated rings. The Morgan fingerprint density at radius 2 is 1.42 bits per heavy atom. The first-order valence-corrected chi connectivity index (χ1v) is 10.1. The second-order valence-electron chi connectivity index (χ2n) is 6.20. The summed E-state index contributed by atoms with van der Waals surface area (Å²) < 4.78 is 24.4. The van der Waals surface area contributed by atoms with Crippen LogP contribution in [0.1, 0.15) is 12.8 Å². The standard InChI is InChI=1S/C20H26N2O3S/c1-21-9-3-11-24-15-6-8-19-18(13-15)17-7-5-16(14-20(17)26(19)23)25-12-4-10-22-2/h5-8,13-14,21-22H,3-4,9-12H2,1-2H3. The molecule has 0 aliphatic carbocycles. The highest BCUT2D eigenvalue weighted by Gasteiger charge is 2.26. The molecule has 2 aromatic rings. The quantitative estimate of drug-likeness (QED) is 0.535. The molecule has 3 rings (SSSR count). The topological polar surface area (TPSA) is 59.6 Å². The molecule has 2 N–H and O–H groups in total. The van der Waals surface area contributed by atoms with Crippen LogP contribution in [0.5, 0.6) is 11.5 Å². The van der Waals surface area contributed by atoms with Crippen molar-refractivity contribution in [3.63, 3.8) is 0 Å². The zero-order chi connectivity index (χ0) is 18.4. The molecule has 2 aromatic carbocycles. The molecule has 0 spiro atoms. The molecule has 0 aromatic heterocycles. The van der Waals surface area contributed by atoms with Crippen LogP contribution in [0.2, 0.25) is 0 Å². The van der Waals surface area contributed by atoms with E-state index in [1.165, 1.54) is 0 Å². The Morgan fingerprint density at radius 1 is 0.808 bits per heavy atom. The van der Waals surface area contributed by atoms with Gasteiger partial charge in [-0.15, -0.1) is 0 Å². The zero-order valence-corrected chi connectivity index (χ0v) is 16.2. The van der Waals surface area contributed by atoms with Gasteiger partial charge >= 0.3 is 0 Å². The van der Waals surface area contributed by atoms with E-state index in [0.717, 1.165) is 58.3 Å². The largest absolute Gasteiger partial charge is 0.494 e. The molecular weight excluding hydrogens is 348 g/mol. The van der Waals surface area contributed by atoms with Gasteiger partial charge in [0.25, 0.3) is 0 Å². The van der Waals surface area contributed by atoms with Gasteiger partial charge in [-0.3, -0.25) is 0 Å². The summed E-state index contributed by atoms with van der Waals surface area (Å²) in [6.07, 6.45) is 1.88. The molecule has 1 heterocycles. The summed E-state index contributed by atoms with van der Waals surface area (Å²) in [5, 5.41) is 6.20. The summed E-state index contributed by atoms with van der Waals surface area (Å²) in [6, 6.07) is 11.6. The normalized spacial score (nSPS) is 14.8. The van der Waals surface area contributed by atoms with Crippen LogP contribution in [0.15, 0.2) is 46.2 Å². The smallest absolute Gasteiger partial charge is 0.120 e. The summed E-state index contributed by atoms with van der Waals surface area (Å²) in [7, 11) is 2.69. The Hall–Kier alpha value is -1.89. The summed E-state index contributed by atoms with van der Waals surface area (Å²) in [5.74, 6) is 1.58. The van der Waals surface area contributed by atoms with Crippen LogP contribution in [0, 0.1) is 0 Å². The zero-order valence-electron chi connectivity index (χ0n) is 15.3. The minimum Gasteiger partial charge on any atom is -0.494 e. The first-order valence-electron chi connectivity index (χ1n) is 8.99. The van der Waals surface area contributed by atoms with E-state index in [9.17, 15) is 4.21 Å². The van der Waals surface area contributed by atoms with Gasteiger partial charge in [0.2, 0.25) is 0 Å². The number of benzene rings is 2. The van der Waals surface area contributed by atoms with Gasteiger partial charge in [0.15, 0.2) is 0 Å². The van der Waals surface area contributed by atoms with Crippen molar-refractivity contribution in [1.29, 1.82) is 0 Å². The molecule has 0 radical (unpaired) electrons. The van der Waals surface area contributed by atoms with Crippen molar-refractivity contribution in [2.24, 2.45) is 0 Å². The first kappa shape index (κ1) is 18.9. The molecule has 0 bridgehead atoms. The number of nitrogens with one attached hydrogen (secondary N) is 2. The molecule has 140 valence electrons. The van der Waals surface area contributed by atoms with Crippen molar-refractivity contribution < 1.29 is 13.7 Å². The van der Waals surface area contributed by atoms with E-state index in [1.807, 2.05) is 50.5 Å². The highest BCUT2D eigenvalue weighted by atomic mass is 32.2. The van der Waals surface area contributed by atoms with Gasteiger partial charge in [-0.05, 0) is 82.0 Å². The summed E-state index contributed by atoms with van der Waals surface area (Å²) >= 11 is 0. The molecule has 5 nitrogen and oxygen atoms in total. The van der Waals surface area contributed by atoms with E-state index >= 15 is 0 Å². The Morgan fingerprint density at radius 3 is 2.08 bits per heavy atom. The fourth-order valence-corrected chi connectivity index (χ4v) is 4.33. The van der Waals surface area contributed by atoms with Gasteiger partial charge in [0.05, 0.1) is 33.8 Å². The lowest BCUT2D eigenvalue weighted by Gasteiger charge is -2.08. The number of fused-ring (bicyclic) bond motifs is 3. The van der Waals surface area contributed by atoms with Crippen molar-refractivity contribution in [1.82, 2.24) is 10.6 Å². The lowest BCUT2D eigenvalue weighted by molar-refractivity contribution is 0.309. The van der Waals surface area contributed by atoms with Crippen molar-refractivity contribution in [2.45, 2.75) is 22.6 Å². The van der Waals surface area contributed by atoms with Crippen LogP contribution in [0.3, 0.4) is 0 Å². The Bertz CT molecular complexity index is 780. The van der Waals surface area contributed by atoms with E-state index in [2.05, 4.69) is 10.6 Å². The van der Waals surface area contributed by atoms with E-state index in [0.29, 0.717) is 13.2 Å². The number of ether oxygens (including phenoxy) is 2. The fraction of sp³-hybridized carbons (Fsp3) is 0.400. The summed E-state index contributed by atoms with van der Waals surface area (Å²) in [6.45, 7) is 3.15. The third kappa shape index (κ3) is 4.26. The van der Waals surface area contributed by atoms with Crippen LogP contribution in [-0.2, 0) is 10.8 Å². The third-order valence-corrected chi connectivity index (χ3v) is 5.77. The Balaban J connectivity index is 1.73. The number of hydrogen-bond acceptors (Lipinski definition) is 5. The lowest BCUT2D eigenvalue weighted by Crippen LogP contribution is -2.11. The molecule has 26 heavy (non-hydrogen) atoms. The number of rotatable bonds is 10. The first-order chi connectivity index (χ1) is 12.7. The molecule has 1 aliphatic heterocycles. The van der Waals surface area contributed by atoms with Crippen LogP contribution in [-0.4, -0.2) is 44.6 Å². The van der Waals surface area contributed by atoms with Crippen molar-refractivity contribution in [3.8, 4) is 22.6 Å². The van der Waals surface area contributed by atoms with Gasteiger partial charge < -0.3 is 20.1 Å². The maximum absolute atomic E-state index is 12.8. The van der Waals surface area contributed by atoms with Gasteiger partial charge in [-0.1, -0.05) is 0 Å². The number of hydrogen-bond donors (Lipinski definition) is 2. The third-order valence-electron chi connectivity index (χ3n) is 4.27. The minimum absolute atomic E-state index is 0.643.